The monoisotopic (exact) mass is 460 g/mol. The van der Waals surface area contributed by atoms with Crippen molar-refractivity contribution in [3.63, 3.8) is 0 Å². The Bertz CT molecular complexity index is 1110. The second kappa shape index (κ2) is 11.5. The number of para-hydroxylation sites is 1. The van der Waals surface area contributed by atoms with Crippen LogP contribution >= 0.6 is 0 Å². The van der Waals surface area contributed by atoms with E-state index in [9.17, 15) is 14.7 Å². The highest BCUT2D eigenvalue weighted by molar-refractivity contribution is 6.19. The van der Waals surface area contributed by atoms with Crippen molar-refractivity contribution in [2.75, 3.05) is 11.4 Å². The number of ketones is 1. The molecule has 1 aromatic heterocycles. The van der Waals surface area contributed by atoms with Crippen LogP contribution in [0.3, 0.4) is 0 Å². The van der Waals surface area contributed by atoms with Crippen LogP contribution in [0.15, 0.2) is 88.7 Å². The first-order chi connectivity index (χ1) is 16.4. The third kappa shape index (κ3) is 5.29. The Balaban J connectivity index is 0.000000588. The van der Waals surface area contributed by atoms with Gasteiger partial charge >= 0.3 is 0 Å². The standard InChI is InChI=1S/C24H21NO4.C4H11N/c1-15(2)16-10-12-17(13-11-16)21-20(22(26)19-9-6-14-29-19)23(27)24(28)25(21)18-7-4-3-5-8-18;1-2-3-4-5/h3-15,21,27H,1-2H3;2-5H2,1H3. The third-order valence-corrected chi connectivity index (χ3v) is 5.74. The zero-order valence-electron chi connectivity index (χ0n) is 20.0. The SMILES string of the molecule is CC(C)c1ccc(C2C(C(=O)c3ccco3)=C([O-])C(=O)N2c2ccccc2)cc1.CCCC[NH3+]. The van der Waals surface area contributed by atoms with Crippen molar-refractivity contribution in [2.24, 2.45) is 0 Å². The van der Waals surface area contributed by atoms with Crippen molar-refractivity contribution >= 4 is 17.4 Å². The highest BCUT2D eigenvalue weighted by Crippen LogP contribution is 2.41. The Labute approximate surface area is 200 Å². The zero-order chi connectivity index (χ0) is 24.7. The molecule has 0 bridgehead atoms. The van der Waals surface area contributed by atoms with E-state index < -0.39 is 23.5 Å². The number of hydrogen-bond acceptors (Lipinski definition) is 4. The molecule has 1 atom stereocenters. The molecule has 3 aromatic rings. The van der Waals surface area contributed by atoms with Crippen LogP contribution in [0.1, 0.15) is 67.3 Å². The maximum absolute atomic E-state index is 13.1. The van der Waals surface area contributed by atoms with E-state index >= 15 is 0 Å². The molecule has 3 N–H and O–H groups in total. The quantitative estimate of drug-likeness (QED) is 0.538. The van der Waals surface area contributed by atoms with Gasteiger partial charge in [-0.1, -0.05) is 69.7 Å². The fourth-order valence-corrected chi connectivity index (χ4v) is 3.85. The minimum absolute atomic E-state index is 0.0415. The number of benzene rings is 2. The van der Waals surface area contributed by atoms with Gasteiger partial charge in [0.1, 0.15) is 0 Å². The van der Waals surface area contributed by atoms with Crippen molar-refractivity contribution in [3.8, 4) is 0 Å². The summed E-state index contributed by atoms with van der Waals surface area (Å²) in [4.78, 5) is 27.4. The predicted molar refractivity (Wildman–Crippen MR) is 130 cm³/mol. The van der Waals surface area contributed by atoms with Crippen LogP contribution in [0.25, 0.3) is 0 Å². The van der Waals surface area contributed by atoms with Crippen LogP contribution in [-0.4, -0.2) is 18.2 Å². The maximum atomic E-state index is 13.1. The fraction of sp³-hybridized carbons (Fsp3) is 0.286. The number of quaternary nitrogens is 1. The van der Waals surface area contributed by atoms with Crippen LogP contribution in [0.4, 0.5) is 5.69 Å². The van der Waals surface area contributed by atoms with E-state index in [0.29, 0.717) is 17.2 Å². The zero-order valence-corrected chi connectivity index (χ0v) is 20.0. The van der Waals surface area contributed by atoms with Gasteiger partial charge in [0.15, 0.2) is 5.76 Å². The van der Waals surface area contributed by atoms with E-state index in [1.54, 1.807) is 30.3 Å². The summed E-state index contributed by atoms with van der Waals surface area (Å²) in [7, 11) is 0. The number of amides is 1. The summed E-state index contributed by atoms with van der Waals surface area (Å²) < 4.78 is 5.21. The van der Waals surface area contributed by atoms with E-state index in [1.807, 2.05) is 30.3 Å². The van der Waals surface area contributed by atoms with Gasteiger partial charge in [0.25, 0.3) is 0 Å². The molecule has 0 aliphatic carbocycles. The molecule has 0 saturated carbocycles. The molecule has 2 aromatic carbocycles. The summed E-state index contributed by atoms with van der Waals surface area (Å²) in [5, 5.41) is 12.9. The van der Waals surface area contributed by atoms with Gasteiger partial charge in [-0.05, 0) is 53.5 Å². The molecular weight excluding hydrogens is 428 g/mol. The van der Waals surface area contributed by atoms with Crippen molar-refractivity contribution in [1.82, 2.24) is 0 Å². The summed E-state index contributed by atoms with van der Waals surface area (Å²) in [6, 6.07) is 18.9. The minimum Gasteiger partial charge on any atom is -0.868 e. The van der Waals surface area contributed by atoms with Crippen molar-refractivity contribution in [3.05, 3.63) is 101 Å². The summed E-state index contributed by atoms with van der Waals surface area (Å²) in [6.07, 6.45) is 3.93. The van der Waals surface area contributed by atoms with E-state index in [1.165, 1.54) is 30.1 Å². The molecule has 0 saturated heterocycles. The summed E-state index contributed by atoms with van der Waals surface area (Å²) >= 11 is 0. The number of carbonyl (C=O) groups excluding carboxylic acids is 2. The number of hydrogen-bond donors (Lipinski definition) is 1. The molecule has 1 aliphatic heterocycles. The Morgan fingerprint density at radius 1 is 1.06 bits per heavy atom. The van der Waals surface area contributed by atoms with E-state index in [0.717, 1.165) is 12.1 Å². The average molecular weight is 461 g/mol. The first kappa shape index (κ1) is 25.0. The molecule has 34 heavy (non-hydrogen) atoms. The van der Waals surface area contributed by atoms with Crippen molar-refractivity contribution in [1.29, 1.82) is 0 Å². The molecule has 1 amide bonds. The number of Topliss-reactive ketones (excluding diaryl/α,β-unsaturated/α-hetero) is 1. The highest BCUT2D eigenvalue weighted by Gasteiger charge is 2.41. The Hall–Kier alpha value is -3.64. The molecule has 1 unspecified atom stereocenters. The second-order valence-corrected chi connectivity index (χ2v) is 8.49. The van der Waals surface area contributed by atoms with Crippen LogP contribution in [-0.2, 0) is 4.79 Å². The summed E-state index contributed by atoms with van der Waals surface area (Å²) in [5.41, 5.74) is 5.98. The highest BCUT2D eigenvalue weighted by atomic mass is 16.3. The van der Waals surface area contributed by atoms with Gasteiger partial charge in [-0.3, -0.25) is 14.5 Å². The van der Waals surface area contributed by atoms with Crippen molar-refractivity contribution in [2.45, 2.75) is 45.6 Å². The Kier molecular flexibility index (Phi) is 8.44. The lowest BCUT2D eigenvalue weighted by Crippen LogP contribution is -2.49. The molecule has 1 aliphatic rings. The van der Waals surface area contributed by atoms with E-state index in [4.69, 9.17) is 4.42 Å². The molecule has 6 nitrogen and oxygen atoms in total. The number of furan rings is 1. The lowest BCUT2D eigenvalue weighted by molar-refractivity contribution is -0.368. The lowest BCUT2D eigenvalue weighted by atomic mass is 9.92. The molecule has 6 heteroatoms. The minimum atomic E-state index is -0.809. The molecule has 4 rings (SSSR count). The maximum Gasteiger partial charge on any atom is 0.244 e. The number of rotatable bonds is 7. The van der Waals surface area contributed by atoms with Crippen LogP contribution < -0.4 is 15.7 Å². The summed E-state index contributed by atoms with van der Waals surface area (Å²) in [6.45, 7) is 7.44. The van der Waals surface area contributed by atoms with Crippen LogP contribution in [0, 0.1) is 0 Å². The molecule has 2 heterocycles. The second-order valence-electron chi connectivity index (χ2n) is 8.49. The van der Waals surface area contributed by atoms with Gasteiger partial charge in [-0.15, -0.1) is 0 Å². The Morgan fingerprint density at radius 3 is 2.24 bits per heavy atom. The van der Waals surface area contributed by atoms with E-state index in [2.05, 4.69) is 26.5 Å². The third-order valence-electron chi connectivity index (χ3n) is 5.74. The van der Waals surface area contributed by atoms with Gasteiger partial charge in [0.05, 0.1) is 18.8 Å². The first-order valence-electron chi connectivity index (χ1n) is 11.7. The predicted octanol–water partition coefficient (Wildman–Crippen LogP) is 4.02. The van der Waals surface area contributed by atoms with E-state index in [-0.39, 0.29) is 11.3 Å². The van der Waals surface area contributed by atoms with Gasteiger partial charge in [0.2, 0.25) is 11.7 Å². The smallest absolute Gasteiger partial charge is 0.244 e. The largest absolute Gasteiger partial charge is 0.868 e. The molecule has 0 fully saturated rings. The molecule has 0 spiro atoms. The van der Waals surface area contributed by atoms with Gasteiger partial charge in [-0.25, -0.2) is 0 Å². The molecule has 0 radical (unpaired) electrons. The molecular formula is C28H32N2O4. The number of anilines is 1. The fourth-order valence-electron chi connectivity index (χ4n) is 3.85. The topological polar surface area (TPSA) is 101 Å². The Morgan fingerprint density at radius 2 is 1.74 bits per heavy atom. The summed E-state index contributed by atoms with van der Waals surface area (Å²) in [5.74, 6) is -1.70. The number of carbonyl (C=O) groups is 2. The van der Waals surface area contributed by atoms with Gasteiger partial charge < -0.3 is 15.3 Å². The van der Waals surface area contributed by atoms with Crippen molar-refractivity contribution < 1.29 is 24.8 Å². The normalized spacial score (nSPS) is 15.5. The number of unbranched alkanes of at least 4 members (excludes halogenated alkanes) is 1. The van der Waals surface area contributed by atoms with Gasteiger partial charge in [0, 0.05) is 11.3 Å². The first-order valence-corrected chi connectivity index (χ1v) is 11.7. The average Bonchev–Trinajstić information content (AvgIpc) is 3.48. The van der Waals surface area contributed by atoms with Crippen LogP contribution in [0.5, 0.6) is 0 Å². The van der Waals surface area contributed by atoms with Crippen LogP contribution in [0.2, 0.25) is 0 Å². The lowest BCUT2D eigenvalue weighted by Gasteiger charge is -2.28. The number of nitrogens with zero attached hydrogens (tertiary/aromatic N) is 1. The molecule has 178 valence electrons. The van der Waals surface area contributed by atoms with Gasteiger partial charge in [-0.2, -0.15) is 0 Å².